The molecule has 0 atom stereocenters. The van der Waals surface area contributed by atoms with Gasteiger partial charge in [0.25, 0.3) is 0 Å². The Morgan fingerprint density at radius 1 is 1.57 bits per heavy atom. The first kappa shape index (κ1) is 8.68. The lowest BCUT2D eigenvalue weighted by Gasteiger charge is -1.93. The molecule has 2 N–H and O–H groups in total. The number of aromatic nitrogens is 3. The van der Waals surface area contributed by atoms with Gasteiger partial charge >= 0.3 is 5.97 Å². The smallest absolute Gasteiger partial charge is 0.303 e. The molecule has 0 amide bonds. The largest absolute Gasteiger partial charge is 0.481 e. The Labute approximate surface area is 79.8 Å². The maximum absolute atomic E-state index is 10.4. The summed E-state index contributed by atoms with van der Waals surface area (Å²) in [4.78, 5) is 14.3. The molecule has 0 radical (unpaired) electrons. The molecule has 2 heterocycles. The summed E-state index contributed by atoms with van der Waals surface area (Å²) in [5.41, 5.74) is 1.65. The Morgan fingerprint density at radius 3 is 3.21 bits per heavy atom. The van der Waals surface area contributed by atoms with Gasteiger partial charge in [-0.15, -0.1) is 0 Å². The summed E-state index contributed by atoms with van der Waals surface area (Å²) in [5, 5.41) is 16.3. The van der Waals surface area contributed by atoms with Crippen molar-refractivity contribution in [2.75, 3.05) is 0 Å². The SMILES string of the molecule is O=C(O)CCc1[nH]nc2ccncc12. The fourth-order valence-corrected chi connectivity index (χ4v) is 1.33. The first-order valence-electron chi connectivity index (χ1n) is 4.26. The maximum atomic E-state index is 10.4. The molecule has 2 rings (SSSR count). The van der Waals surface area contributed by atoms with Gasteiger partial charge in [-0.25, -0.2) is 0 Å². The number of pyridine rings is 1. The summed E-state index contributed by atoms with van der Waals surface area (Å²) in [6, 6.07) is 1.79. The van der Waals surface area contributed by atoms with Crippen LogP contribution in [0.1, 0.15) is 12.1 Å². The van der Waals surface area contributed by atoms with Gasteiger partial charge in [-0.3, -0.25) is 14.9 Å². The molecule has 0 fully saturated rings. The molecular weight excluding hydrogens is 182 g/mol. The minimum atomic E-state index is -0.809. The highest BCUT2D eigenvalue weighted by atomic mass is 16.4. The molecular formula is C9H9N3O2. The molecule has 0 saturated heterocycles. The Balaban J connectivity index is 2.29. The molecule has 0 aliphatic carbocycles. The topological polar surface area (TPSA) is 78.9 Å². The highest BCUT2D eigenvalue weighted by Gasteiger charge is 2.06. The van der Waals surface area contributed by atoms with Gasteiger partial charge in [-0.1, -0.05) is 0 Å². The third kappa shape index (κ3) is 1.56. The minimum absolute atomic E-state index is 0.103. The second-order valence-electron chi connectivity index (χ2n) is 2.99. The molecule has 0 aromatic carbocycles. The van der Waals surface area contributed by atoms with Crippen molar-refractivity contribution in [2.45, 2.75) is 12.8 Å². The van der Waals surface area contributed by atoms with E-state index in [-0.39, 0.29) is 6.42 Å². The fourth-order valence-electron chi connectivity index (χ4n) is 1.33. The van der Waals surface area contributed by atoms with Gasteiger partial charge in [0.05, 0.1) is 11.9 Å². The molecule has 0 aliphatic heterocycles. The van der Waals surface area contributed by atoms with Gasteiger partial charge in [-0.05, 0) is 6.07 Å². The number of carboxylic acid groups (broad SMARTS) is 1. The van der Waals surface area contributed by atoms with Crippen LogP contribution >= 0.6 is 0 Å². The number of fused-ring (bicyclic) bond motifs is 1. The molecule has 0 saturated carbocycles. The van der Waals surface area contributed by atoms with E-state index in [0.29, 0.717) is 6.42 Å². The molecule has 72 valence electrons. The Kier molecular flexibility index (Phi) is 2.14. The molecule has 2 aromatic rings. The number of H-pyrrole nitrogens is 1. The van der Waals surface area contributed by atoms with E-state index in [1.807, 2.05) is 0 Å². The summed E-state index contributed by atoms with van der Waals surface area (Å²) in [7, 11) is 0. The third-order valence-electron chi connectivity index (χ3n) is 2.02. The predicted molar refractivity (Wildman–Crippen MR) is 49.8 cm³/mol. The number of carboxylic acids is 1. The van der Waals surface area contributed by atoms with Gasteiger partial charge in [0.15, 0.2) is 0 Å². The van der Waals surface area contributed by atoms with Crippen molar-refractivity contribution in [2.24, 2.45) is 0 Å². The zero-order valence-corrected chi connectivity index (χ0v) is 7.40. The van der Waals surface area contributed by atoms with Crippen LogP contribution in [0.2, 0.25) is 0 Å². The molecule has 5 nitrogen and oxygen atoms in total. The van der Waals surface area contributed by atoms with Crippen LogP contribution in [-0.2, 0) is 11.2 Å². The van der Waals surface area contributed by atoms with Gasteiger partial charge in [0.1, 0.15) is 0 Å². The van der Waals surface area contributed by atoms with E-state index >= 15 is 0 Å². The van der Waals surface area contributed by atoms with Gasteiger partial charge in [0.2, 0.25) is 0 Å². The molecule has 0 bridgehead atoms. The first-order valence-corrected chi connectivity index (χ1v) is 4.26. The van der Waals surface area contributed by atoms with Crippen molar-refractivity contribution in [3.05, 3.63) is 24.2 Å². The second-order valence-corrected chi connectivity index (χ2v) is 2.99. The van der Waals surface area contributed by atoms with Crippen molar-refractivity contribution in [3.8, 4) is 0 Å². The fraction of sp³-hybridized carbons (Fsp3) is 0.222. The second kappa shape index (κ2) is 3.45. The van der Waals surface area contributed by atoms with Crippen molar-refractivity contribution in [3.63, 3.8) is 0 Å². The minimum Gasteiger partial charge on any atom is -0.481 e. The number of carbonyl (C=O) groups is 1. The molecule has 0 aliphatic rings. The summed E-state index contributed by atoms with van der Waals surface area (Å²) in [5.74, 6) is -0.809. The van der Waals surface area contributed by atoms with Crippen LogP contribution in [0.15, 0.2) is 18.5 Å². The van der Waals surface area contributed by atoms with E-state index in [1.54, 1.807) is 18.5 Å². The number of aliphatic carboxylic acids is 1. The van der Waals surface area contributed by atoms with E-state index in [0.717, 1.165) is 16.6 Å². The van der Waals surface area contributed by atoms with Crippen LogP contribution in [0.5, 0.6) is 0 Å². The molecule has 5 heteroatoms. The van der Waals surface area contributed by atoms with Gasteiger partial charge in [-0.2, -0.15) is 5.10 Å². The third-order valence-corrected chi connectivity index (χ3v) is 2.02. The maximum Gasteiger partial charge on any atom is 0.303 e. The number of hydrogen-bond donors (Lipinski definition) is 2. The standard InChI is InChI=1S/C9H9N3O2/c13-9(14)2-1-7-6-5-10-4-3-8(6)12-11-7/h3-5H,1-2H2,(H,11,12)(H,13,14). The molecule has 14 heavy (non-hydrogen) atoms. The quantitative estimate of drug-likeness (QED) is 0.757. The summed E-state index contributed by atoms with van der Waals surface area (Å²) in [6.45, 7) is 0. The monoisotopic (exact) mass is 191 g/mol. The average molecular weight is 191 g/mol. The number of nitrogens with one attached hydrogen (secondary N) is 1. The summed E-state index contributed by atoms with van der Waals surface area (Å²) < 4.78 is 0. The first-order chi connectivity index (χ1) is 6.77. The zero-order valence-electron chi connectivity index (χ0n) is 7.40. The number of aromatic amines is 1. The number of nitrogens with zero attached hydrogens (tertiary/aromatic N) is 2. The van der Waals surface area contributed by atoms with Crippen LogP contribution in [0.3, 0.4) is 0 Å². The molecule has 0 unspecified atom stereocenters. The van der Waals surface area contributed by atoms with Crippen molar-refractivity contribution in [1.29, 1.82) is 0 Å². The number of aryl methyl sites for hydroxylation is 1. The number of rotatable bonds is 3. The van der Waals surface area contributed by atoms with Gasteiger partial charge in [0, 0.05) is 29.9 Å². The highest BCUT2D eigenvalue weighted by molar-refractivity contribution is 5.80. The Morgan fingerprint density at radius 2 is 2.43 bits per heavy atom. The van der Waals surface area contributed by atoms with Gasteiger partial charge < -0.3 is 5.11 Å². The van der Waals surface area contributed by atoms with Crippen molar-refractivity contribution >= 4 is 16.9 Å². The normalized spacial score (nSPS) is 10.6. The number of hydrogen-bond acceptors (Lipinski definition) is 3. The predicted octanol–water partition coefficient (Wildman–Crippen LogP) is 0.975. The van der Waals surface area contributed by atoms with Crippen LogP contribution in [0.4, 0.5) is 0 Å². The van der Waals surface area contributed by atoms with E-state index in [2.05, 4.69) is 15.2 Å². The molecule has 0 spiro atoms. The zero-order chi connectivity index (χ0) is 9.97. The Hall–Kier alpha value is -1.91. The summed E-state index contributed by atoms with van der Waals surface area (Å²) >= 11 is 0. The van der Waals surface area contributed by atoms with Crippen molar-refractivity contribution in [1.82, 2.24) is 15.2 Å². The van der Waals surface area contributed by atoms with Crippen LogP contribution < -0.4 is 0 Å². The van der Waals surface area contributed by atoms with E-state index < -0.39 is 5.97 Å². The lowest BCUT2D eigenvalue weighted by atomic mass is 10.2. The Bertz CT molecular complexity index is 464. The van der Waals surface area contributed by atoms with E-state index in [9.17, 15) is 4.79 Å². The molecule has 2 aromatic heterocycles. The van der Waals surface area contributed by atoms with E-state index in [4.69, 9.17) is 5.11 Å². The van der Waals surface area contributed by atoms with Crippen LogP contribution in [0, 0.1) is 0 Å². The van der Waals surface area contributed by atoms with Crippen LogP contribution in [0.25, 0.3) is 10.9 Å². The lowest BCUT2D eigenvalue weighted by Crippen LogP contribution is -1.97. The lowest BCUT2D eigenvalue weighted by molar-refractivity contribution is -0.136. The highest BCUT2D eigenvalue weighted by Crippen LogP contribution is 2.14. The summed E-state index contributed by atoms with van der Waals surface area (Å²) in [6.07, 6.45) is 3.91. The van der Waals surface area contributed by atoms with E-state index in [1.165, 1.54) is 0 Å². The van der Waals surface area contributed by atoms with Crippen molar-refractivity contribution < 1.29 is 9.90 Å². The average Bonchev–Trinajstić information content (AvgIpc) is 2.58. The van der Waals surface area contributed by atoms with Crippen LogP contribution in [-0.4, -0.2) is 26.3 Å².